The summed E-state index contributed by atoms with van der Waals surface area (Å²) in [5.41, 5.74) is 2.00. The molecule has 1 aliphatic rings. The third-order valence-electron chi connectivity index (χ3n) is 3.10. The smallest absolute Gasteiger partial charge is 0.181 e. The zero-order valence-corrected chi connectivity index (χ0v) is 10.3. The Bertz CT molecular complexity index is 603. The molecular formula is C12H13N5O. The largest absolute Gasteiger partial charge is 0.294 e. The van der Waals surface area contributed by atoms with E-state index < -0.39 is 0 Å². The normalized spacial score (nSPS) is 17.6. The molecule has 0 spiro atoms. The molecule has 0 atom stereocenters. The molecule has 3 rings (SSSR count). The SMILES string of the molecule is CC1(C)CC(=O)c2cnc(-c3cn[nH]n3)nc2C1. The van der Waals surface area contributed by atoms with Crippen LogP contribution in [0.1, 0.15) is 36.3 Å². The van der Waals surface area contributed by atoms with Gasteiger partial charge >= 0.3 is 0 Å². The van der Waals surface area contributed by atoms with Gasteiger partial charge in [-0.2, -0.15) is 15.4 Å². The van der Waals surface area contributed by atoms with Crippen molar-refractivity contribution in [2.75, 3.05) is 0 Å². The lowest BCUT2D eigenvalue weighted by atomic mass is 9.76. The number of aromatic nitrogens is 5. The molecule has 2 heterocycles. The first kappa shape index (κ1) is 11.0. The van der Waals surface area contributed by atoms with Gasteiger partial charge in [0.05, 0.1) is 17.5 Å². The van der Waals surface area contributed by atoms with Crippen LogP contribution in [0.4, 0.5) is 0 Å². The number of hydrogen-bond donors (Lipinski definition) is 1. The molecular weight excluding hydrogens is 230 g/mol. The van der Waals surface area contributed by atoms with Crippen molar-refractivity contribution in [2.45, 2.75) is 26.7 Å². The minimum absolute atomic E-state index is 0.0421. The highest BCUT2D eigenvalue weighted by Crippen LogP contribution is 2.33. The van der Waals surface area contributed by atoms with E-state index in [9.17, 15) is 4.79 Å². The summed E-state index contributed by atoms with van der Waals surface area (Å²) in [6, 6.07) is 0. The van der Waals surface area contributed by atoms with Gasteiger partial charge in [0.1, 0.15) is 5.69 Å². The molecule has 0 aliphatic heterocycles. The first-order valence-electron chi connectivity index (χ1n) is 5.80. The molecule has 6 heteroatoms. The molecule has 1 N–H and O–H groups in total. The fourth-order valence-corrected chi connectivity index (χ4v) is 2.26. The summed E-state index contributed by atoms with van der Waals surface area (Å²) in [6.45, 7) is 4.15. The van der Waals surface area contributed by atoms with Gasteiger partial charge in [-0.1, -0.05) is 13.8 Å². The molecule has 2 aromatic heterocycles. The standard InChI is InChI=1S/C12H13N5O/c1-12(2)3-8-7(10(18)4-12)5-13-11(15-8)9-6-14-17-16-9/h5-6H,3-4H2,1-2H3,(H,14,16,17). The van der Waals surface area contributed by atoms with Crippen molar-refractivity contribution >= 4 is 5.78 Å². The van der Waals surface area contributed by atoms with E-state index in [2.05, 4.69) is 39.2 Å². The van der Waals surface area contributed by atoms with Crippen molar-refractivity contribution in [1.29, 1.82) is 0 Å². The third kappa shape index (κ3) is 1.79. The van der Waals surface area contributed by atoms with E-state index in [1.54, 1.807) is 12.4 Å². The van der Waals surface area contributed by atoms with Crippen LogP contribution < -0.4 is 0 Å². The molecule has 6 nitrogen and oxygen atoms in total. The Balaban J connectivity index is 2.08. The van der Waals surface area contributed by atoms with Crippen LogP contribution in [0.2, 0.25) is 0 Å². The average Bonchev–Trinajstić information content (AvgIpc) is 2.79. The summed E-state index contributed by atoms with van der Waals surface area (Å²) in [5.74, 6) is 0.626. The maximum Gasteiger partial charge on any atom is 0.181 e. The number of rotatable bonds is 1. The van der Waals surface area contributed by atoms with Crippen LogP contribution in [-0.4, -0.2) is 31.2 Å². The monoisotopic (exact) mass is 243 g/mol. The topological polar surface area (TPSA) is 84.4 Å². The highest BCUT2D eigenvalue weighted by Gasteiger charge is 2.32. The summed E-state index contributed by atoms with van der Waals surface area (Å²) in [4.78, 5) is 20.6. The Morgan fingerprint density at radius 1 is 1.28 bits per heavy atom. The van der Waals surface area contributed by atoms with E-state index in [1.807, 2.05) is 0 Å². The lowest BCUT2D eigenvalue weighted by molar-refractivity contribution is 0.0910. The highest BCUT2D eigenvalue weighted by molar-refractivity contribution is 5.98. The maximum atomic E-state index is 12.0. The Kier molecular flexibility index (Phi) is 2.26. The van der Waals surface area contributed by atoms with Gasteiger partial charge in [0.2, 0.25) is 0 Å². The Hall–Kier alpha value is -2.11. The molecule has 0 fully saturated rings. The summed E-state index contributed by atoms with van der Waals surface area (Å²) in [6.07, 6.45) is 4.50. The minimum Gasteiger partial charge on any atom is -0.294 e. The van der Waals surface area contributed by atoms with E-state index >= 15 is 0 Å². The van der Waals surface area contributed by atoms with E-state index in [0.717, 1.165) is 12.1 Å². The molecule has 2 aromatic rings. The quantitative estimate of drug-likeness (QED) is 0.818. The Labute approximate surface area is 104 Å². The molecule has 1 aliphatic carbocycles. The third-order valence-corrected chi connectivity index (χ3v) is 3.10. The fourth-order valence-electron chi connectivity index (χ4n) is 2.26. The van der Waals surface area contributed by atoms with Gasteiger partial charge < -0.3 is 0 Å². The molecule has 0 radical (unpaired) electrons. The first-order valence-corrected chi connectivity index (χ1v) is 5.80. The lowest BCUT2D eigenvalue weighted by Gasteiger charge is -2.29. The number of nitrogens with one attached hydrogen (secondary N) is 1. The van der Waals surface area contributed by atoms with Gasteiger partial charge in [-0.3, -0.25) is 4.79 Å². The molecule has 0 aromatic carbocycles. The van der Waals surface area contributed by atoms with Crippen molar-refractivity contribution in [3.63, 3.8) is 0 Å². The zero-order valence-electron chi connectivity index (χ0n) is 10.3. The lowest BCUT2D eigenvalue weighted by Crippen LogP contribution is -2.28. The van der Waals surface area contributed by atoms with Gasteiger partial charge in [-0.05, 0) is 11.8 Å². The van der Waals surface area contributed by atoms with E-state index in [1.165, 1.54) is 0 Å². The van der Waals surface area contributed by atoms with Crippen LogP contribution in [0.25, 0.3) is 11.5 Å². The van der Waals surface area contributed by atoms with Gasteiger partial charge in [0.15, 0.2) is 11.6 Å². The number of hydrogen-bond acceptors (Lipinski definition) is 5. The van der Waals surface area contributed by atoms with Crippen LogP contribution in [0, 0.1) is 5.41 Å². The molecule has 0 saturated heterocycles. The zero-order chi connectivity index (χ0) is 12.8. The predicted molar refractivity (Wildman–Crippen MR) is 63.8 cm³/mol. The highest BCUT2D eigenvalue weighted by atomic mass is 16.1. The number of ketones is 1. The average molecular weight is 243 g/mol. The van der Waals surface area contributed by atoms with Crippen molar-refractivity contribution in [3.05, 3.63) is 23.7 Å². The van der Waals surface area contributed by atoms with Gasteiger partial charge in [-0.25, -0.2) is 9.97 Å². The fraction of sp³-hybridized carbons (Fsp3) is 0.417. The summed E-state index contributed by atoms with van der Waals surface area (Å²) in [7, 11) is 0. The van der Waals surface area contributed by atoms with E-state index in [-0.39, 0.29) is 11.2 Å². The minimum atomic E-state index is -0.0421. The van der Waals surface area contributed by atoms with Crippen molar-refractivity contribution in [1.82, 2.24) is 25.4 Å². The molecule has 0 bridgehead atoms. The van der Waals surface area contributed by atoms with Gasteiger partial charge in [-0.15, -0.1) is 0 Å². The van der Waals surface area contributed by atoms with Gasteiger partial charge in [0.25, 0.3) is 0 Å². The Morgan fingerprint density at radius 2 is 2.11 bits per heavy atom. The number of carbonyl (C=O) groups excluding carboxylic acids is 1. The van der Waals surface area contributed by atoms with Crippen LogP contribution in [0.5, 0.6) is 0 Å². The molecule has 0 unspecified atom stereocenters. The van der Waals surface area contributed by atoms with Crippen molar-refractivity contribution in [2.24, 2.45) is 5.41 Å². The Morgan fingerprint density at radius 3 is 2.83 bits per heavy atom. The second-order valence-corrected chi connectivity index (χ2v) is 5.35. The first-order chi connectivity index (χ1) is 8.55. The second-order valence-electron chi connectivity index (χ2n) is 5.35. The molecule has 18 heavy (non-hydrogen) atoms. The van der Waals surface area contributed by atoms with E-state index in [0.29, 0.717) is 23.5 Å². The molecule has 0 saturated carbocycles. The number of carbonyl (C=O) groups is 1. The van der Waals surface area contributed by atoms with Crippen molar-refractivity contribution < 1.29 is 4.79 Å². The number of nitrogens with zero attached hydrogens (tertiary/aromatic N) is 4. The van der Waals surface area contributed by atoms with E-state index in [4.69, 9.17) is 0 Å². The number of Topliss-reactive ketones (excluding diaryl/α,β-unsaturated/α-hetero) is 1. The predicted octanol–water partition coefficient (Wildman–Crippen LogP) is 1.42. The van der Waals surface area contributed by atoms with Crippen molar-refractivity contribution in [3.8, 4) is 11.5 Å². The summed E-state index contributed by atoms with van der Waals surface area (Å²) < 4.78 is 0. The number of fused-ring (bicyclic) bond motifs is 1. The van der Waals surface area contributed by atoms with Gasteiger partial charge in [0, 0.05) is 12.6 Å². The molecule has 92 valence electrons. The van der Waals surface area contributed by atoms with Crippen LogP contribution in [0.15, 0.2) is 12.4 Å². The number of aromatic amines is 1. The summed E-state index contributed by atoms with van der Waals surface area (Å²) >= 11 is 0. The maximum absolute atomic E-state index is 12.0. The summed E-state index contributed by atoms with van der Waals surface area (Å²) in [5, 5.41) is 10.2. The van der Waals surface area contributed by atoms with Crippen LogP contribution >= 0.6 is 0 Å². The number of H-pyrrole nitrogens is 1. The van der Waals surface area contributed by atoms with Crippen LogP contribution in [0.3, 0.4) is 0 Å². The van der Waals surface area contributed by atoms with Crippen LogP contribution in [-0.2, 0) is 6.42 Å². The molecule has 0 amide bonds. The second kappa shape index (κ2) is 3.69.